The van der Waals surface area contributed by atoms with E-state index in [9.17, 15) is 9.18 Å². The van der Waals surface area contributed by atoms with Crippen LogP contribution in [0.2, 0.25) is 0 Å². The van der Waals surface area contributed by atoms with Crippen molar-refractivity contribution >= 4 is 11.6 Å². The Morgan fingerprint density at radius 1 is 1.05 bits per heavy atom. The molecule has 0 aromatic heterocycles. The highest BCUT2D eigenvalue weighted by atomic mass is 19.1. The summed E-state index contributed by atoms with van der Waals surface area (Å²) >= 11 is 0. The van der Waals surface area contributed by atoms with Crippen LogP contribution in [0.3, 0.4) is 0 Å². The SMILES string of the molecule is CN(C(=O)C#Cc1ccccc1)c1ccc(F)cc1. The van der Waals surface area contributed by atoms with Crippen LogP contribution in [-0.2, 0) is 4.79 Å². The van der Waals surface area contributed by atoms with Crippen LogP contribution in [0.25, 0.3) is 0 Å². The number of benzene rings is 2. The molecule has 0 spiro atoms. The third-order valence-corrected chi connectivity index (χ3v) is 2.61. The van der Waals surface area contributed by atoms with Crippen molar-refractivity contribution in [1.29, 1.82) is 0 Å². The third-order valence-electron chi connectivity index (χ3n) is 2.61. The number of carbonyl (C=O) groups excluding carboxylic acids is 1. The van der Waals surface area contributed by atoms with Crippen molar-refractivity contribution in [2.45, 2.75) is 0 Å². The van der Waals surface area contributed by atoms with Gasteiger partial charge in [0.05, 0.1) is 0 Å². The fourth-order valence-electron chi connectivity index (χ4n) is 1.51. The molecule has 0 bridgehead atoms. The van der Waals surface area contributed by atoms with Gasteiger partial charge in [-0.05, 0) is 36.4 Å². The van der Waals surface area contributed by atoms with Gasteiger partial charge in [-0.15, -0.1) is 0 Å². The van der Waals surface area contributed by atoms with E-state index >= 15 is 0 Å². The molecule has 94 valence electrons. The van der Waals surface area contributed by atoms with Crippen LogP contribution in [0.15, 0.2) is 54.6 Å². The van der Waals surface area contributed by atoms with Gasteiger partial charge >= 0.3 is 5.91 Å². The predicted octanol–water partition coefficient (Wildman–Crippen LogP) is 2.84. The zero-order valence-corrected chi connectivity index (χ0v) is 10.4. The van der Waals surface area contributed by atoms with Gasteiger partial charge in [-0.25, -0.2) is 4.39 Å². The summed E-state index contributed by atoms with van der Waals surface area (Å²) in [4.78, 5) is 13.2. The highest BCUT2D eigenvalue weighted by Crippen LogP contribution is 2.12. The van der Waals surface area contributed by atoms with E-state index in [0.29, 0.717) is 5.69 Å². The Hall–Kier alpha value is -2.60. The van der Waals surface area contributed by atoms with Gasteiger partial charge in [0.2, 0.25) is 0 Å². The minimum absolute atomic E-state index is 0.333. The topological polar surface area (TPSA) is 20.3 Å². The van der Waals surface area contributed by atoms with E-state index in [0.717, 1.165) is 5.56 Å². The molecule has 0 radical (unpaired) electrons. The van der Waals surface area contributed by atoms with Crippen LogP contribution in [0.4, 0.5) is 10.1 Å². The molecule has 2 aromatic rings. The smallest absolute Gasteiger partial charge is 0.302 e. The number of carbonyl (C=O) groups is 1. The van der Waals surface area contributed by atoms with Crippen molar-refractivity contribution in [3.05, 3.63) is 66.0 Å². The largest absolute Gasteiger partial charge is 0.305 e. The molecule has 3 heteroatoms. The van der Waals surface area contributed by atoms with Gasteiger partial charge in [-0.2, -0.15) is 0 Å². The van der Waals surface area contributed by atoms with E-state index in [1.165, 1.54) is 29.2 Å². The minimum atomic E-state index is -0.338. The second-order valence-electron chi connectivity index (χ2n) is 3.96. The first-order valence-corrected chi connectivity index (χ1v) is 5.77. The molecular formula is C16H12FNO. The fraction of sp³-hybridized carbons (Fsp3) is 0.0625. The molecule has 2 nitrogen and oxygen atoms in total. The number of amides is 1. The van der Waals surface area contributed by atoms with E-state index < -0.39 is 0 Å². The first kappa shape index (κ1) is 12.8. The van der Waals surface area contributed by atoms with Gasteiger partial charge in [-0.3, -0.25) is 4.79 Å². The Kier molecular flexibility index (Phi) is 3.94. The molecule has 0 saturated heterocycles. The number of anilines is 1. The van der Waals surface area contributed by atoms with Gasteiger partial charge in [0.1, 0.15) is 5.82 Å². The number of hydrogen-bond acceptors (Lipinski definition) is 1. The summed E-state index contributed by atoms with van der Waals surface area (Å²) in [6, 6.07) is 15.0. The summed E-state index contributed by atoms with van der Waals surface area (Å²) in [5.41, 5.74) is 1.39. The van der Waals surface area contributed by atoms with Crippen LogP contribution >= 0.6 is 0 Å². The maximum absolute atomic E-state index is 12.8. The van der Waals surface area contributed by atoms with E-state index in [2.05, 4.69) is 11.8 Å². The lowest BCUT2D eigenvalue weighted by atomic mass is 10.2. The molecule has 2 rings (SSSR count). The zero-order chi connectivity index (χ0) is 13.7. The maximum Gasteiger partial charge on any atom is 0.302 e. The second kappa shape index (κ2) is 5.83. The minimum Gasteiger partial charge on any atom is -0.305 e. The summed E-state index contributed by atoms with van der Waals surface area (Å²) in [6.45, 7) is 0. The average molecular weight is 253 g/mol. The third kappa shape index (κ3) is 3.43. The van der Waals surface area contributed by atoms with Crippen molar-refractivity contribution in [1.82, 2.24) is 0 Å². The molecule has 1 amide bonds. The molecule has 0 atom stereocenters. The molecule has 2 aromatic carbocycles. The van der Waals surface area contributed by atoms with Crippen molar-refractivity contribution < 1.29 is 9.18 Å². The lowest BCUT2D eigenvalue weighted by molar-refractivity contribution is -0.113. The van der Waals surface area contributed by atoms with Crippen molar-refractivity contribution in [3.8, 4) is 11.8 Å². The summed E-state index contributed by atoms with van der Waals surface area (Å²) < 4.78 is 12.8. The molecular weight excluding hydrogens is 241 g/mol. The quantitative estimate of drug-likeness (QED) is 0.716. The number of nitrogens with zero attached hydrogens (tertiary/aromatic N) is 1. The first-order chi connectivity index (χ1) is 9.16. The first-order valence-electron chi connectivity index (χ1n) is 5.77. The lowest BCUT2D eigenvalue weighted by Gasteiger charge is -2.13. The van der Waals surface area contributed by atoms with E-state index in [4.69, 9.17) is 0 Å². The number of rotatable bonds is 1. The van der Waals surface area contributed by atoms with E-state index in [1.54, 1.807) is 7.05 Å². The zero-order valence-electron chi connectivity index (χ0n) is 10.4. The molecule has 0 unspecified atom stereocenters. The normalized spacial score (nSPS) is 9.37. The molecule has 0 heterocycles. The summed E-state index contributed by atoms with van der Waals surface area (Å²) in [7, 11) is 1.61. The fourth-order valence-corrected chi connectivity index (χ4v) is 1.51. The van der Waals surface area contributed by atoms with Crippen LogP contribution in [0.1, 0.15) is 5.56 Å². The average Bonchev–Trinajstić information content (AvgIpc) is 2.46. The molecule has 0 saturated carbocycles. The monoisotopic (exact) mass is 253 g/mol. The Morgan fingerprint density at radius 3 is 2.32 bits per heavy atom. The number of halogens is 1. The van der Waals surface area contributed by atoms with Crippen molar-refractivity contribution in [2.75, 3.05) is 11.9 Å². The lowest BCUT2D eigenvalue weighted by Crippen LogP contribution is -2.24. The van der Waals surface area contributed by atoms with Gasteiger partial charge < -0.3 is 4.90 Å². The van der Waals surface area contributed by atoms with Crippen molar-refractivity contribution in [3.63, 3.8) is 0 Å². The molecule has 19 heavy (non-hydrogen) atoms. The standard InChI is InChI=1S/C16H12FNO/c1-18(15-10-8-14(17)9-11-15)16(19)12-7-13-5-3-2-4-6-13/h2-6,8-11H,1H3. The summed E-state index contributed by atoms with van der Waals surface area (Å²) in [5.74, 6) is 4.68. The maximum atomic E-state index is 12.8. The Balaban J connectivity index is 2.12. The van der Waals surface area contributed by atoms with Crippen LogP contribution in [-0.4, -0.2) is 13.0 Å². The van der Waals surface area contributed by atoms with Crippen LogP contribution in [0, 0.1) is 17.7 Å². The van der Waals surface area contributed by atoms with Gasteiger partial charge in [0.15, 0.2) is 0 Å². The highest BCUT2D eigenvalue weighted by molar-refractivity contribution is 6.05. The van der Waals surface area contributed by atoms with E-state index in [1.807, 2.05) is 30.3 Å². The van der Waals surface area contributed by atoms with Crippen LogP contribution in [0.5, 0.6) is 0 Å². The predicted molar refractivity (Wildman–Crippen MR) is 73.1 cm³/mol. The molecule has 0 N–H and O–H groups in total. The van der Waals surface area contributed by atoms with Crippen molar-refractivity contribution in [2.24, 2.45) is 0 Å². The van der Waals surface area contributed by atoms with E-state index in [-0.39, 0.29) is 11.7 Å². The molecule has 0 aliphatic heterocycles. The molecule has 0 aliphatic carbocycles. The van der Waals surface area contributed by atoms with Gasteiger partial charge in [0.25, 0.3) is 0 Å². The highest BCUT2D eigenvalue weighted by Gasteiger charge is 2.07. The van der Waals surface area contributed by atoms with Crippen LogP contribution < -0.4 is 4.90 Å². The molecule has 0 aliphatic rings. The summed E-state index contributed by atoms with van der Waals surface area (Å²) in [6.07, 6.45) is 0. The number of hydrogen-bond donors (Lipinski definition) is 0. The second-order valence-corrected chi connectivity index (χ2v) is 3.96. The Labute approximate surface area is 111 Å². The van der Waals surface area contributed by atoms with Gasteiger partial charge in [-0.1, -0.05) is 24.1 Å². The summed E-state index contributed by atoms with van der Waals surface area (Å²) in [5, 5.41) is 0. The molecule has 0 fully saturated rings. The Morgan fingerprint density at radius 2 is 1.68 bits per heavy atom. The van der Waals surface area contributed by atoms with Gasteiger partial charge in [0, 0.05) is 24.2 Å². The Bertz CT molecular complexity index is 623.